The van der Waals surface area contributed by atoms with Gasteiger partial charge in [0.15, 0.2) is 0 Å². The minimum absolute atomic E-state index is 0.924. The molecule has 0 N–H and O–H groups in total. The molecule has 0 aliphatic carbocycles. The van der Waals surface area contributed by atoms with Crippen LogP contribution in [-0.4, -0.2) is 4.57 Å². The monoisotopic (exact) mass is 309 g/mol. The lowest BCUT2D eigenvalue weighted by atomic mass is 10.0. The number of aromatic nitrogens is 1. The molecule has 0 bridgehead atoms. The van der Waals surface area contributed by atoms with Gasteiger partial charge >= 0.3 is 0 Å². The molecule has 0 spiro atoms. The smallest absolute Gasteiger partial charge is 0.134 e. The van der Waals surface area contributed by atoms with Gasteiger partial charge in [0.05, 0.1) is 6.26 Å². The van der Waals surface area contributed by atoms with Gasteiger partial charge in [0, 0.05) is 23.5 Å². The van der Waals surface area contributed by atoms with E-state index < -0.39 is 0 Å². The highest BCUT2D eigenvalue weighted by Gasteiger charge is 2.04. The van der Waals surface area contributed by atoms with E-state index in [0.29, 0.717) is 0 Å². The zero-order chi connectivity index (χ0) is 15.9. The first-order valence-corrected chi connectivity index (χ1v) is 8.02. The Morgan fingerprint density at radius 3 is 2.08 bits per heavy atom. The lowest BCUT2D eigenvalue weighted by Crippen LogP contribution is -1.89. The molecule has 0 unspecified atom stereocenters. The summed E-state index contributed by atoms with van der Waals surface area (Å²) >= 11 is 0. The zero-order valence-electron chi connectivity index (χ0n) is 13.0. The number of hydrogen-bond donors (Lipinski definition) is 0. The first-order chi connectivity index (χ1) is 11.9. The van der Waals surface area contributed by atoms with Crippen molar-refractivity contribution in [2.45, 2.75) is 0 Å². The van der Waals surface area contributed by atoms with Crippen molar-refractivity contribution in [3.63, 3.8) is 0 Å². The molecule has 5 rings (SSSR count). The lowest BCUT2D eigenvalue weighted by Gasteiger charge is -2.06. The minimum Gasteiger partial charge on any atom is -0.464 e. The van der Waals surface area contributed by atoms with Gasteiger partial charge in [0.25, 0.3) is 0 Å². The molecule has 5 aromatic rings. The summed E-state index contributed by atoms with van der Waals surface area (Å²) in [5.74, 6) is 0. The van der Waals surface area contributed by atoms with Gasteiger partial charge in [-0.2, -0.15) is 0 Å². The van der Waals surface area contributed by atoms with Crippen LogP contribution in [0.15, 0.2) is 95.9 Å². The van der Waals surface area contributed by atoms with E-state index >= 15 is 0 Å². The molecule has 24 heavy (non-hydrogen) atoms. The molecule has 3 aromatic carbocycles. The third-order valence-electron chi connectivity index (χ3n) is 4.51. The Labute approximate surface area is 139 Å². The Morgan fingerprint density at radius 2 is 1.33 bits per heavy atom. The Balaban J connectivity index is 1.54. The summed E-state index contributed by atoms with van der Waals surface area (Å²) in [6.45, 7) is 0. The molecule has 0 aliphatic heterocycles. The lowest BCUT2D eigenvalue weighted by molar-refractivity contribution is 0.616. The first kappa shape index (κ1) is 13.2. The summed E-state index contributed by atoms with van der Waals surface area (Å²) in [6, 6.07) is 25.3. The third-order valence-corrected chi connectivity index (χ3v) is 4.51. The number of furan rings is 1. The maximum absolute atomic E-state index is 5.50. The number of rotatable bonds is 2. The van der Waals surface area contributed by atoms with E-state index in [1.54, 1.807) is 6.26 Å². The second kappa shape index (κ2) is 5.14. The predicted octanol–water partition coefficient (Wildman–Crippen LogP) is 6.04. The topological polar surface area (TPSA) is 18.1 Å². The van der Waals surface area contributed by atoms with Gasteiger partial charge in [0.1, 0.15) is 5.58 Å². The molecule has 114 valence electrons. The Bertz CT molecular complexity index is 1090. The van der Waals surface area contributed by atoms with Crippen LogP contribution in [0.1, 0.15) is 0 Å². The summed E-state index contributed by atoms with van der Waals surface area (Å²) in [5.41, 5.74) is 4.44. The fourth-order valence-corrected chi connectivity index (χ4v) is 3.19. The highest BCUT2D eigenvalue weighted by molar-refractivity contribution is 5.84. The largest absolute Gasteiger partial charge is 0.464 e. The number of fused-ring (bicyclic) bond motifs is 2. The van der Waals surface area contributed by atoms with Crippen LogP contribution in [0.4, 0.5) is 0 Å². The second-order valence-corrected chi connectivity index (χ2v) is 6.01. The molecule has 2 heterocycles. The molecule has 0 saturated carbocycles. The van der Waals surface area contributed by atoms with Crippen LogP contribution >= 0.6 is 0 Å². The summed E-state index contributed by atoms with van der Waals surface area (Å²) < 4.78 is 7.67. The Hall–Kier alpha value is -3.26. The van der Waals surface area contributed by atoms with Crippen molar-refractivity contribution >= 4 is 21.7 Å². The molecule has 2 nitrogen and oxygen atoms in total. The van der Waals surface area contributed by atoms with Gasteiger partial charge in [0.2, 0.25) is 0 Å². The molecule has 0 atom stereocenters. The van der Waals surface area contributed by atoms with Crippen molar-refractivity contribution in [1.29, 1.82) is 0 Å². The highest BCUT2D eigenvalue weighted by atomic mass is 16.3. The van der Waals surface area contributed by atoms with E-state index in [0.717, 1.165) is 16.7 Å². The van der Waals surface area contributed by atoms with Gasteiger partial charge in [-0.3, -0.25) is 0 Å². The predicted molar refractivity (Wildman–Crippen MR) is 98.5 cm³/mol. The van der Waals surface area contributed by atoms with Crippen LogP contribution in [-0.2, 0) is 0 Å². The first-order valence-electron chi connectivity index (χ1n) is 8.02. The molecule has 2 aromatic heterocycles. The summed E-state index contributed by atoms with van der Waals surface area (Å²) in [7, 11) is 0. The molecular weight excluding hydrogens is 294 g/mol. The van der Waals surface area contributed by atoms with Gasteiger partial charge < -0.3 is 8.98 Å². The van der Waals surface area contributed by atoms with Crippen LogP contribution in [0, 0.1) is 0 Å². The zero-order valence-corrected chi connectivity index (χ0v) is 13.0. The summed E-state index contributed by atoms with van der Waals surface area (Å²) in [5, 5.41) is 3.64. The second-order valence-electron chi connectivity index (χ2n) is 6.01. The standard InChI is InChI=1S/C22H15NO/c1-2-4-20-15-23(14-19(20)3-1)21-9-7-16(8-10-21)18-6-5-17-11-12-24-22(17)13-18/h1-15H. The SMILES string of the molecule is c1ccc2cn(-c3ccc(-c4ccc5ccoc5c4)cc3)cc2c1. The van der Waals surface area contributed by atoms with Gasteiger partial charge in [-0.1, -0.05) is 48.5 Å². The van der Waals surface area contributed by atoms with Crippen molar-refractivity contribution in [2.24, 2.45) is 0 Å². The highest BCUT2D eigenvalue weighted by Crippen LogP contribution is 2.26. The van der Waals surface area contributed by atoms with E-state index in [1.165, 1.54) is 21.9 Å². The Kier molecular flexibility index (Phi) is 2.83. The van der Waals surface area contributed by atoms with Gasteiger partial charge in [-0.25, -0.2) is 0 Å². The minimum atomic E-state index is 0.924. The number of nitrogens with zero attached hydrogens (tertiary/aromatic N) is 1. The van der Waals surface area contributed by atoms with Gasteiger partial charge in [-0.15, -0.1) is 0 Å². The Morgan fingerprint density at radius 1 is 0.625 bits per heavy atom. The van der Waals surface area contributed by atoms with E-state index in [2.05, 4.69) is 83.7 Å². The fraction of sp³-hybridized carbons (Fsp3) is 0. The van der Waals surface area contributed by atoms with Crippen molar-refractivity contribution in [1.82, 2.24) is 4.57 Å². The summed E-state index contributed by atoms with van der Waals surface area (Å²) in [6.07, 6.45) is 6.06. The van der Waals surface area contributed by atoms with E-state index in [4.69, 9.17) is 4.42 Å². The van der Waals surface area contributed by atoms with Crippen LogP contribution < -0.4 is 0 Å². The van der Waals surface area contributed by atoms with E-state index in [1.807, 2.05) is 6.07 Å². The number of benzene rings is 3. The average Bonchev–Trinajstić information content (AvgIpc) is 3.27. The van der Waals surface area contributed by atoms with Crippen LogP contribution in [0.2, 0.25) is 0 Å². The van der Waals surface area contributed by atoms with Crippen LogP contribution in [0.5, 0.6) is 0 Å². The van der Waals surface area contributed by atoms with Crippen LogP contribution in [0.3, 0.4) is 0 Å². The maximum atomic E-state index is 5.50. The maximum Gasteiger partial charge on any atom is 0.134 e. The van der Waals surface area contributed by atoms with Crippen molar-refractivity contribution in [2.75, 3.05) is 0 Å². The third kappa shape index (κ3) is 2.12. The quantitative estimate of drug-likeness (QED) is 0.388. The summed E-state index contributed by atoms with van der Waals surface area (Å²) in [4.78, 5) is 0. The average molecular weight is 309 g/mol. The molecule has 0 saturated heterocycles. The molecule has 0 aliphatic rings. The molecule has 0 amide bonds. The fourth-order valence-electron chi connectivity index (χ4n) is 3.19. The van der Waals surface area contributed by atoms with E-state index in [-0.39, 0.29) is 0 Å². The molecular formula is C22H15NO. The van der Waals surface area contributed by atoms with Crippen molar-refractivity contribution in [3.8, 4) is 16.8 Å². The van der Waals surface area contributed by atoms with E-state index in [9.17, 15) is 0 Å². The normalized spacial score (nSPS) is 11.3. The van der Waals surface area contributed by atoms with Crippen molar-refractivity contribution < 1.29 is 4.42 Å². The van der Waals surface area contributed by atoms with Gasteiger partial charge in [-0.05, 0) is 46.2 Å². The van der Waals surface area contributed by atoms with Crippen molar-refractivity contribution in [3.05, 3.63) is 91.5 Å². The van der Waals surface area contributed by atoms with Crippen LogP contribution in [0.25, 0.3) is 38.6 Å². The molecule has 0 radical (unpaired) electrons. The number of hydrogen-bond acceptors (Lipinski definition) is 1. The molecule has 2 heteroatoms. The molecule has 0 fully saturated rings.